The van der Waals surface area contributed by atoms with E-state index >= 15 is 0 Å². The molecule has 0 bridgehead atoms. The van der Waals surface area contributed by atoms with E-state index in [1.807, 2.05) is 49.4 Å². The second-order valence-electron chi connectivity index (χ2n) is 7.77. The van der Waals surface area contributed by atoms with Gasteiger partial charge in [0.25, 0.3) is 0 Å². The number of thioether (sulfide) groups is 1. The van der Waals surface area contributed by atoms with Crippen molar-refractivity contribution in [3.8, 4) is 10.4 Å². The van der Waals surface area contributed by atoms with E-state index in [1.165, 1.54) is 11.8 Å². The molecule has 1 fully saturated rings. The first-order valence-electron chi connectivity index (χ1n) is 10.9. The molecule has 33 heavy (non-hydrogen) atoms. The molecule has 5 rings (SSSR count). The van der Waals surface area contributed by atoms with Gasteiger partial charge in [-0.25, -0.2) is 9.97 Å². The van der Waals surface area contributed by atoms with E-state index in [-0.39, 0.29) is 11.2 Å². The lowest BCUT2D eigenvalue weighted by molar-refractivity contribution is -0.115. The largest absolute Gasteiger partial charge is 0.378 e. The highest BCUT2D eigenvalue weighted by molar-refractivity contribution is 8.00. The molecule has 1 amide bonds. The summed E-state index contributed by atoms with van der Waals surface area (Å²) in [6.07, 6.45) is 1.57. The van der Waals surface area contributed by atoms with E-state index in [1.54, 1.807) is 17.7 Å². The van der Waals surface area contributed by atoms with Crippen LogP contribution in [0, 0.1) is 0 Å². The Hall–Kier alpha value is -2.94. The molecule has 2 aromatic carbocycles. The van der Waals surface area contributed by atoms with Gasteiger partial charge in [-0.15, -0.1) is 11.3 Å². The molecule has 2 aromatic heterocycles. The predicted molar refractivity (Wildman–Crippen MR) is 136 cm³/mol. The van der Waals surface area contributed by atoms with Gasteiger partial charge in [0.15, 0.2) is 0 Å². The smallest absolute Gasteiger partial charge is 0.237 e. The molecule has 0 radical (unpaired) electrons. The SMILES string of the molecule is CC(Sc1ncnc2sc(-c3ccccc3)cc12)C(=O)Nc1ccc(N2CCOCC2)cc1. The molecular weight excluding hydrogens is 452 g/mol. The lowest BCUT2D eigenvalue weighted by Gasteiger charge is -2.28. The number of nitrogens with one attached hydrogen (secondary N) is 1. The van der Waals surface area contributed by atoms with Crippen molar-refractivity contribution in [2.45, 2.75) is 17.2 Å². The van der Waals surface area contributed by atoms with Gasteiger partial charge in [0.05, 0.1) is 18.5 Å². The van der Waals surface area contributed by atoms with Crippen molar-refractivity contribution in [2.24, 2.45) is 0 Å². The van der Waals surface area contributed by atoms with Gasteiger partial charge in [0.2, 0.25) is 5.91 Å². The van der Waals surface area contributed by atoms with Crippen LogP contribution in [0.2, 0.25) is 0 Å². The number of ether oxygens (including phenoxy) is 1. The number of rotatable bonds is 6. The van der Waals surface area contributed by atoms with Crippen molar-refractivity contribution in [2.75, 3.05) is 36.5 Å². The molecule has 8 heteroatoms. The van der Waals surface area contributed by atoms with Gasteiger partial charge in [0, 0.05) is 34.7 Å². The molecule has 168 valence electrons. The van der Waals surface area contributed by atoms with Gasteiger partial charge in [-0.3, -0.25) is 4.79 Å². The van der Waals surface area contributed by atoms with Crippen molar-refractivity contribution in [1.82, 2.24) is 9.97 Å². The summed E-state index contributed by atoms with van der Waals surface area (Å²) in [5, 5.41) is 4.53. The first-order valence-corrected chi connectivity index (χ1v) is 12.6. The average Bonchev–Trinajstić information content (AvgIpc) is 3.31. The number of amides is 1. The summed E-state index contributed by atoms with van der Waals surface area (Å²) in [6, 6.07) is 20.4. The van der Waals surface area contributed by atoms with Crippen molar-refractivity contribution < 1.29 is 9.53 Å². The summed E-state index contributed by atoms with van der Waals surface area (Å²) < 4.78 is 5.41. The molecule has 3 heterocycles. The van der Waals surface area contributed by atoms with Crippen LogP contribution < -0.4 is 10.2 Å². The van der Waals surface area contributed by atoms with E-state index in [0.717, 1.165) is 63.4 Å². The monoisotopic (exact) mass is 476 g/mol. The van der Waals surface area contributed by atoms with Crippen LogP contribution in [0.3, 0.4) is 0 Å². The molecule has 1 aliphatic rings. The molecule has 1 aliphatic heterocycles. The fourth-order valence-corrected chi connectivity index (χ4v) is 5.67. The number of hydrogen-bond donors (Lipinski definition) is 1. The third-order valence-corrected chi connectivity index (χ3v) is 7.73. The molecule has 4 aromatic rings. The Labute approximate surface area is 201 Å². The highest BCUT2D eigenvalue weighted by Gasteiger charge is 2.19. The maximum absolute atomic E-state index is 12.9. The summed E-state index contributed by atoms with van der Waals surface area (Å²) in [5.41, 5.74) is 3.09. The summed E-state index contributed by atoms with van der Waals surface area (Å²) in [4.78, 5) is 26.1. The third kappa shape index (κ3) is 5.03. The molecule has 6 nitrogen and oxygen atoms in total. The minimum absolute atomic E-state index is 0.0515. The van der Waals surface area contributed by atoms with Crippen molar-refractivity contribution in [1.29, 1.82) is 0 Å². The van der Waals surface area contributed by atoms with Crippen molar-refractivity contribution in [3.63, 3.8) is 0 Å². The Balaban J connectivity index is 1.27. The van der Waals surface area contributed by atoms with Crippen LogP contribution in [0.4, 0.5) is 11.4 Å². The molecule has 0 aliphatic carbocycles. The number of anilines is 2. The maximum Gasteiger partial charge on any atom is 0.237 e. The number of fused-ring (bicyclic) bond motifs is 1. The highest BCUT2D eigenvalue weighted by Crippen LogP contribution is 2.37. The maximum atomic E-state index is 12.9. The zero-order valence-electron chi connectivity index (χ0n) is 18.2. The molecule has 1 atom stereocenters. The molecule has 0 spiro atoms. The standard InChI is InChI=1S/C25H24N4O2S2/c1-17(23(30)28-19-7-9-20(10-8-19)29-11-13-31-14-12-29)32-24-21-15-22(18-5-3-2-4-6-18)33-25(21)27-16-26-24/h2-10,15-17H,11-14H2,1H3,(H,28,30). The minimum atomic E-state index is -0.304. The Bertz CT molecular complexity index is 1240. The summed E-state index contributed by atoms with van der Waals surface area (Å²) in [6.45, 7) is 5.18. The van der Waals surface area contributed by atoms with Crippen LogP contribution in [0.5, 0.6) is 0 Å². The second-order valence-corrected chi connectivity index (χ2v) is 10.1. The lowest BCUT2D eigenvalue weighted by atomic mass is 10.2. The Morgan fingerprint density at radius 2 is 1.85 bits per heavy atom. The number of carbonyl (C=O) groups excluding carboxylic acids is 1. The number of hydrogen-bond acceptors (Lipinski definition) is 7. The van der Waals surface area contributed by atoms with Gasteiger partial charge in [-0.1, -0.05) is 42.1 Å². The van der Waals surface area contributed by atoms with Crippen LogP contribution in [0.1, 0.15) is 6.92 Å². The quantitative estimate of drug-likeness (QED) is 0.300. The Kier molecular flexibility index (Phi) is 6.57. The van der Waals surface area contributed by atoms with Crippen LogP contribution in [-0.4, -0.2) is 47.4 Å². The zero-order valence-corrected chi connectivity index (χ0v) is 19.9. The predicted octanol–water partition coefficient (Wildman–Crippen LogP) is 5.31. The molecule has 1 saturated heterocycles. The normalized spacial score (nSPS) is 14.9. The Morgan fingerprint density at radius 1 is 1.09 bits per heavy atom. The van der Waals surface area contributed by atoms with E-state index in [4.69, 9.17) is 4.74 Å². The van der Waals surface area contributed by atoms with Gasteiger partial charge < -0.3 is 15.0 Å². The zero-order chi connectivity index (χ0) is 22.6. The van der Waals surface area contributed by atoms with Crippen molar-refractivity contribution in [3.05, 3.63) is 67.0 Å². The lowest BCUT2D eigenvalue weighted by Crippen LogP contribution is -2.36. The number of nitrogens with zero attached hydrogens (tertiary/aromatic N) is 3. The summed E-state index contributed by atoms with van der Waals surface area (Å²) in [5.74, 6) is -0.0515. The number of morpholine rings is 1. The number of aromatic nitrogens is 2. The molecule has 0 saturated carbocycles. The molecule has 1 unspecified atom stereocenters. The number of carbonyl (C=O) groups is 1. The van der Waals surface area contributed by atoms with E-state index < -0.39 is 0 Å². The first kappa shape index (κ1) is 21.9. The third-order valence-electron chi connectivity index (χ3n) is 5.52. The number of thiophene rings is 1. The topological polar surface area (TPSA) is 67.4 Å². The highest BCUT2D eigenvalue weighted by atomic mass is 32.2. The van der Waals surface area contributed by atoms with Gasteiger partial charge in [-0.2, -0.15) is 0 Å². The van der Waals surface area contributed by atoms with Crippen LogP contribution >= 0.6 is 23.1 Å². The number of benzene rings is 2. The van der Waals surface area contributed by atoms with E-state index in [0.29, 0.717) is 0 Å². The summed E-state index contributed by atoms with van der Waals surface area (Å²) >= 11 is 3.10. The minimum Gasteiger partial charge on any atom is -0.378 e. The van der Waals surface area contributed by atoms with Gasteiger partial charge in [-0.05, 0) is 42.8 Å². The van der Waals surface area contributed by atoms with E-state index in [9.17, 15) is 4.79 Å². The average molecular weight is 477 g/mol. The fourth-order valence-electron chi connectivity index (χ4n) is 3.71. The van der Waals surface area contributed by atoms with Crippen LogP contribution in [-0.2, 0) is 9.53 Å². The summed E-state index contributed by atoms with van der Waals surface area (Å²) in [7, 11) is 0. The van der Waals surface area contributed by atoms with Gasteiger partial charge >= 0.3 is 0 Å². The van der Waals surface area contributed by atoms with Crippen LogP contribution in [0.25, 0.3) is 20.7 Å². The van der Waals surface area contributed by atoms with Gasteiger partial charge in [0.1, 0.15) is 16.2 Å². The second kappa shape index (κ2) is 9.91. The Morgan fingerprint density at radius 3 is 2.61 bits per heavy atom. The first-order chi connectivity index (χ1) is 16.2. The van der Waals surface area contributed by atoms with E-state index in [2.05, 4.69) is 38.4 Å². The fraction of sp³-hybridized carbons (Fsp3) is 0.240. The van der Waals surface area contributed by atoms with Crippen molar-refractivity contribution >= 4 is 50.6 Å². The molecular formula is C25H24N4O2S2. The molecule has 1 N–H and O–H groups in total. The van der Waals surface area contributed by atoms with Crippen LogP contribution in [0.15, 0.2) is 72.0 Å².